The minimum absolute atomic E-state index is 0.123. The molecule has 0 unspecified atom stereocenters. The summed E-state index contributed by atoms with van der Waals surface area (Å²) in [6, 6.07) is 3.17. The molecule has 0 bridgehead atoms. The first-order valence-corrected chi connectivity index (χ1v) is 7.00. The predicted octanol–water partition coefficient (Wildman–Crippen LogP) is 2.40. The number of carbonyl (C=O) groups is 2. The zero-order valence-electron chi connectivity index (χ0n) is 13.4. The Kier molecular flexibility index (Phi) is 6.35. The normalized spacial score (nSPS) is 10.6. The van der Waals surface area contributed by atoms with Crippen LogP contribution in [0.3, 0.4) is 0 Å². The summed E-state index contributed by atoms with van der Waals surface area (Å²) in [6.07, 6.45) is 0.354. The Labute approximate surface area is 133 Å². The highest BCUT2D eigenvalue weighted by Gasteiger charge is 2.25. The third-order valence-corrected chi connectivity index (χ3v) is 3.04. The standard InChI is InChI=1S/C14H20N6O3/c1-14(2,3)20(13(22)23)7-6-16-12(21)10-4-5-11(17-8-10)9-18-19-15/h4-5,8H,6-7,9H2,1-3H3,(H,16,21)(H,22,23). The SMILES string of the molecule is CC(C)(C)N(CCNC(=O)c1ccc(CN=[N+]=[N-])nc1)C(=O)O. The van der Waals surface area contributed by atoms with Gasteiger partial charge < -0.3 is 15.3 Å². The number of aromatic nitrogens is 1. The molecule has 1 aromatic heterocycles. The van der Waals surface area contributed by atoms with E-state index in [2.05, 4.69) is 20.3 Å². The Balaban J connectivity index is 2.56. The molecule has 0 aliphatic rings. The van der Waals surface area contributed by atoms with Crippen molar-refractivity contribution in [2.24, 2.45) is 5.11 Å². The Morgan fingerprint density at radius 1 is 1.43 bits per heavy atom. The Morgan fingerprint density at radius 3 is 2.61 bits per heavy atom. The molecule has 9 nitrogen and oxygen atoms in total. The van der Waals surface area contributed by atoms with Crippen molar-refractivity contribution in [3.63, 3.8) is 0 Å². The predicted molar refractivity (Wildman–Crippen MR) is 83.9 cm³/mol. The maximum Gasteiger partial charge on any atom is 0.407 e. The average molecular weight is 320 g/mol. The van der Waals surface area contributed by atoms with Crippen molar-refractivity contribution in [1.82, 2.24) is 15.2 Å². The van der Waals surface area contributed by atoms with Crippen LogP contribution >= 0.6 is 0 Å². The van der Waals surface area contributed by atoms with Gasteiger partial charge in [0.15, 0.2) is 0 Å². The van der Waals surface area contributed by atoms with Crippen molar-refractivity contribution in [2.75, 3.05) is 13.1 Å². The summed E-state index contributed by atoms with van der Waals surface area (Å²) in [5.74, 6) is -0.341. The van der Waals surface area contributed by atoms with E-state index in [0.29, 0.717) is 11.3 Å². The van der Waals surface area contributed by atoms with E-state index in [-0.39, 0.29) is 25.5 Å². The number of rotatable bonds is 6. The summed E-state index contributed by atoms with van der Waals surface area (Å²) >= 11 is 0. The molecule has 23 heavy (non-hydrogen) atoms. The van der Waals surface area contributed by atoms with Gasteiger partial charge in [-0.1, -0.05) is 5.11 Å². The van der Waals surface area contributed by atoms with Crippen LogP contribution in [0, 0.1) is 0 Å². The molecule has 0 aliphatic heterocycles. The first-order valence-electron chi connectivity index (χ1n) is 7.00. The molecule has 1 heterocycles. The number of nitrogens with one attached hydrogen (secondary N) is 1. The first kappa shape index (κ1) is 18.2. The maximum absolute atomic E-state index is 12.0. The van der Waals surface area contributed by atoms with E-state index in [1.165, 1.54) is 11.1 Å². The molecule has 124 valence electrons. The number of hydrogen-bond acceptors (Lipinski definition) is 4. The average Bonchev–Trinajstić information content (AvgIpc) is 2.48. The molecular formula is C14H20N6O3. The Morgan fingerprint density at radius 2 is 2.13 bits per heavy atom. The van der Waals surface area contributed by atoms with Crippen LogP contribution in [0.15, 0.2) is 23.4 Å². The lowest BCUT2D eigenvalue weighted by atomic mass is 10.1. The molecule has 9 heteroatoms. The maximum atomic E-state index is 12.0. The van der Waals surface area contributed by atoms with E-state index in [4.69, 9.17) is 10.6 Å². The van der Waals surface area contributed by atoms with Gasteiger partial charge in [-0.15, -0.1) is 0 Å². The summed E-state index contributed by atoms with van der Waals surface area (Å²) < 4.78 is 0. The number of carboxylic acid groups (broad SMARTS) is 1. The third kappa shape index (κ3) is 5.84. The molecule has 0 spiro atoms. The molecule has 0 saturated heterocycles. The quantitative estimate of drug-likeness (QED) is 0.473. The lowest BCUT2D eigenvalue weighted by molar-refractivity contribution is 0.0892. The van der Waals surface area contributed by atoms with E-state index in [1.54, 1.807) is 32.9 Å². The topological polar surface area (TPSA) is 131 Å². The minimum Gasteiger partial charge on any atom is -0.465 e. The number of nitrogens with zero attached hydrogens (tertiary/aromatic N) is 5. The van der Waals surface area contributed by atoms with Gasteiger partial charge in [0.25, 0.3) is 5.91 Å². The summed E-state index contributed by atoms with van der Waals surface area (Å²) in [5.41, 5.74) is 8.60. The molecule has 1 rings (SSSR count). The van der Waals surface area contributed by atoms with Crippen LogP contribution in [0.2, 0.25) is 0 Å². The molecule has 2 N–H and O–H groups in total. The second-order valence-corrected chi connectivity index (χ2v) is 5.79. The van der Waals surface area contributed by atoms with Gasteiger partial charge in [-0.05, 0) is 38.4 Å². The monoisotopic (exact) mass is 320 g/mol. The molecule has 1 aromatic rings. The van der Waals surface area contributed by atoms with Crippen LogP contribution in [0.25, 0.3) is 10.4 Å². The summed E-state index contributed by atoms with van der Waals surface area (Å²) in [7, 11) is 0. The van der Waals surface area contributed by atoms with Gasteiger partial charge in [0, 0.05) is 35.4 Å². The van der Waals surface area contributed by atoms with Crippen molar-refractivity contribution in [3.8, 4) is 0 Å². The second-order valence-electron chi connectivity index (χ2n) is 5.79. The minimum atomic E-state index is -1.03. The Hall–Kier alpha value is -2.80. The number of amides is 2. The van der Waals surface area contributed by atoms with Gasteiger partial charge in [0.2, 0.25) is 0 Å². The van der Waals surface area contributed by atoms with E-state index in [1.807, 2.05) is 0 Å². The lowest BCUT2D eigenvalue weighted by Gasteiger charge is -2.33. The van der Waals surface area contributed by atoms with Gasteiger partial charge in [-0.25, -0.2) is 4.79 Å². The van der Waals surface area contributed by atoms with Crippen LogP contribution in [-0.4, -0.2) is 45.6 Å². The molecule has 0 atom stereocenters. The van der Waals surface area contributed by atoms with Crippen LogP contribution in [-0.2, 0) is 6.54 Å². The molecule has 0 fully saturated rings. The van der Waals surface area contributed by atoms with Crippen LogP contribution in [0.1, 0.15) is 36.8 Å². The van der Waals surface area contributed by atoms with E-state index in [9.17, 15) is 9.59 Å². The number of pyridine rings is 1. The van der Waals surface area contributed by atoms with Crippen LogP contribution in [0.4, 0.5) is 4.79 Å². The molecule has 0 radical (unpaired) electrons. The fourth-order valence-corrected chi connectivity index (χ4v) is 1.86. The van der Waals surface area contributed by atoms with Gasteiger partial charge in [-0.3, -0.25) is 9.78 Å². The van der Waals surface area contributed by atoms with E-state index >= 15 is 0 Å². The second kappa shape index (κ2) is 8.00. The van der Waals surface area contributed by atoms with Gasteiger partial charge in [0.05, 0.1) is 12.1 Å². The molecule has 0 saturated carbocycles. The number of azide groups is 1. The molecule has 0 aliphatic carbocycles. The fraction of sp³-hybridized carbons (Fsp3) is 0.500. The van der Waals surface area contributed by atoms with E-state index < -0.39 is 11.6 Å². The molecular weight excluding hydrogens is 300 g/mol. The van der Waals surface area contributed by atoms with Crippen molar-refractivity contribution in [2.45, 2.75) is 32.9 Å². The largest absolute Gasteiger partial charge is 0.465 e. The van der Waals surface area contributed by atoms with Crippen molar-refractivity contribution >= 4 is 12.0 Å². The molecule has 2 amide bonds. The summed E-state index contributed by atoms with van der Waals surface area (Å²) in [6.45, 7) is 5.87. The first-order chi connectivity index (χ1) is 10.8. The fourth-order valence-electron chi connectivity index (χ4n) is 1.86. The van der Waals surface area contributed by atoms with E-state index in [0.717, 1.165) is 0 Å². The van der Waals surface area contributed by atoms with Crippen LogP contribution in [0.5, 0.6) is 0 Å². The van der Waals surface area contributed by atoms with Crippen molar-refractivity contribution < 1.29 is 14.7 Å². The van der Waals surface area contributed by atoms with Gasteiger partial charge >= 0.3 is 6.09 Å². The Bertz CT molecular complexity index is 602. The lowest BCUT2D eigenvalue weighted by Crippen LogP contribution is -2.48. The third-order valence-electron chi connectivity index (χ3n) is 3.04. The number of hydrogen-bond donors (Lipinski definition) is 2. The van der Waals surface area contributed by atoms with Gasteiger partial charge in [0.1, 0.15) is 0 Å². The summed E-state index contributed by atoms with van der Waals surface area (Å²) in [4.78, 5) is 31.1. The highest BCUT2D eigenvalue weighted by Crippen LogP contribution is 2.12. The highest BCUT2D eigenvalue weighted by atomic mass is 16.4. The van der Waals surface area contributed by atoms with Crippen LogP contribution < -0.4 is 5.32 Å². The number of carbonyl (C=O) groups excluding carboxylic acids is 1. The smallest absolute Gasteiger partial charge is 0.407 e. The summed E-state index contributed by atoms with van der Waals surface area (Å²) in [5, 5.41) is 15.2. The molecule has 0 aromatic carbocycles. The van der Waals surface area contributed by atoms with Crippen molar-refractivity contribution in [1.29, 1.82) is 0 Å². The zero-order valence-corrected chi connectivity index (χ0v) is 13.4. The zero-order chi connectivity index (χ0) is 17.5. The van der Waals surface area contributed by atoms with Crippen molar-refractivity contribution in [3.05, 3.63) is 40.0 Å². The highest BCUT2D eigenvalue weighted by molar-refractivity contribution is 5.93. The van der Waals surface area contributed by atoms with Gasteiger partial charge in [-0.2, -0.15) is 0 Å².